The number of ether oxygens (including phenoxy) is 1. The summed E-state index contributed by atoms with van der Waals surface area (Å²) < 4.78 is 5.92. The highest BCUT2D eigenvalue weighted by atomic mass is 79.9. The molecule has 0 radical (unpaired) electrons. The van der Waals surface area contributed by atoms with Crippen LogP contribution in [0.5, 0.6) is 5.75 Å². The van der Waals surface area contributed by atoms with Crippen LogP contribution in [0, 0.1) is 0 Å². The first kappa shape index (κ1) is 18.4. The highest BCUT2D eigenvalue weighted by molar-refractivity contribution is 9.08. The first-order valence-corrected chi connectivity index (χ1v) is 9.81. The molecule has 26 heavy (non-hydrogen) atoms. The second-order valence-electron chi connectivity index (χ2n) is 6.13. The summed E-state index contributed by atoms with van der Waals surface area (Å²) >= 11 is 3.53. The van der Waals surface area contributed by atoms with Gasteiger partial charge in [-0.15, -0.1) is 0 Å². The summed E-state index contributed by atoms with van der Waals surface area (Å²) in [5, 5.41) is 0.765. The summed E-state index contributed by atoms with van der Waals surface area (Å²) in [6.07, 6.45) is 1.20. The van der Waals surface area contributed by atoms with E-state index in [1.165, 1.54) is 5.56 Å². The lowest BCUT2D eigenvalue weighted by Gasteiger charge is -2.12. The third kappa shape index (κ3) is 5.06. The predicted octanol–water partition coefficient (Wildman–Crippen LogP) is 5.98. The minimum absolute atomic E-state index is 0.168. The van der Waals surface area contributed by atoms with Gasteiger partial charge in [0.2, 0.25) is 0 Å². The van der Waals surface area contributed by atoms with E-state index in [1.54, 1.807) is 0 Å². The molecule has 3 aromatic rings. The van der Waals surface area contributed by atoms with Crippen molar-refractivity contribution >= 4 is 21.7 Å². The van der Waals surface area contributed by atoms with Gasteiger partial charge in [0, 0.05) is 17.3 Å². The largest absolute Gasteiger partial charge is 0.489 e. The van der Waals surface area contributed by atoms with E-state index in [9.17, 15) is 4.79 Å². The molecule has 0 heterocycles. The van der Waals surface area contributed by atoms with Crippen molar-refractivity contribution in [2.75, 3.05) is 0 Å². The Bertz CT molecular complexity index is 845. The number of alkyl halides is 1. The van der Waals surface area contributed by atoms with Crippen molar-refractivity contribution < 1.29 is 9.53 Å². The van der Waals surface area contributed by atoms with Crippen LogP contribution in [0.2, 0.25) is 0 Å². The molecule has 0 aliphatic heterocycles. The molecule has 3 aromatic carbocycles. The van der Waals surface area contributed by atoms with Gasteiger partial charge in [-0.05, 0) is 35.2 Å². The lowest BCUT2D eigenvalue weighted by Crippen LogP contribution is -2.03. The summed E-state index contributed by atoms with van der Waals surface area (Å²) in [4.78, 5) is 12.4. The molecule has 0 saturated carbocycles. The van der Waals surface area contributed by atoms with E-state index in [0.29, 0.717) is 19.4 Å². The number of halogens is 1. The van der Waals surface area contributed by atoms with Gasteiger partial charge < -0.3 is 4.74 Å². The summed E-state index contributed by atoms with van der Waals surface area (Å²) in [5.74, 6) is 1.00. The van der Waals surface area contributed by atoms with E-state index in [4.69, 9.17) is 4.74 Å². The minimum atomic E-state index is 0.168. The Morgan fingerprint density at radius 2 is 1.54 bits per heavy atom. The van der Waals surface area contributed by atoms with Crippen LogP contribution in [0.25, 0.3) is 0 Å². The third-order valence-corrected chi connectivity index (χ3v) is 4.89. The Balaban J connectivity index is 1.66. The zero-order chi connectivity index (χ0) is 18.2. The van der Waals surface area contributed by atoms with Gasteiger partial charge in [-0.25, -0.2) is 0 Å². The number of rotatable bonds is 8. The average Bonchev–Trinajstić information content (AvgIpc) is 2.72. The Morgan fingerprint density at radius 1 is 0.846 bits per heavy atom. The molecule has 0 aliphatic carbocycles. The predicted molar refractivity (Wildman–Crippen MR) is 109 cm³/mol. The first-order valence-electron chi connectivity index (χ1n) is 8.69. The van der Waals surface area contributed by atoms with Crippen LogP contribution in [0.3, 0.4) is 0 Å². The highest BCUT2D eigenvalue weighted by Gasteiger charge is 2.09. The van der Waals surface area contributed by atoms with Gasteiger partial charge in [0.25, 0.3) is 0 Å². The van der Waals surface area contributed by atoms with Crippen LogP contribution in [-0.4, -0.2) is 5.78 Å². The van der Waals surface area contributed by atoms with Crippen molar-refractivity contribution in [2.24, 2.45) is 0 Å². The van der Waals surface area contributed by atoms with Crippen molar-refractivity contribution in [1.82, 2.24) is 0 Å². The van der Waals surface area contributed by atoms with Gasteiger partial charge in [-0.3, -0.25) is 4.79 Å². The summed E-state index contributed by atoms with van der Waals surface area (Å²) in [5.41, 5.74) is 4.25. The molecule has 3 heteroatoms. The molecular weight excluding hydrogens is 388 g/mol. The standard InChI is InChI=1S/C23H21BrO2/c24-16-21-11-13-22(26-17-18-7-3-1-4-8-18)15-20(21)12-14-23(25)19-9-5-2-6-10-19/h1-11,13,15H,12,14,16-17H2. The van der Waals surface area contributed by atoms with Crippen molar-refractivity contribution in [2.45, 2.75) is 24.8 Å². The van der Waals surface area contributed by atoms with Gasteiger partial charge in [0.1, 0.15) is 12.4 Å². The lowest BCUT2D eigenvalue weighted by atomic mass is 9.99. The molecule has 0 atom stereocenters. The molecule has 0 aliphatic rings. The van der Waals surface area contributed by atoms with Crippen LogP contribution >= 0.6 is 15.9 Å². The van der Waals surface area contributed by atoms with Gasteiger partial charge in [-0.1, -0.05) is 82.7 Å². The maximum Gasteiger partial charge on any atom is 0.163 e. The number of aryl methyl sites for hydroxylation is 1. The maximum absolute atomic E-state index is 12.4. The maximum atomic E-state index is 12.4. The van der Waals surface area contributed by atoms with Crippen LogP contribution in [0.4, 0.5) is 0 Å². The average molecular weight is 409 g/mol. The molecule has 0 spiro atoms. The SMILES string of the molecule is O=C(CCc1cc(OCc2ccccc2)ccc1CBr)c1ccccc1. The van der Waals surface area contributed by atoms with Gasteiger partial charge >= 0.3 is 0 Å². The molecule has 132 valence electrons. The summed E-state index contributed by atoms with van der Waals surface area (Å²) in [6, 6.07) is 25.7. The highest BCUT2D eigenvalue weighted by Crippen LogP contribution is 2.23. The molecule has 0 aromatic heterocycles. The molecule has 0 bridgehead atoms. The van der Waals surface area contributed by atoms with Crippen LogP contribution in [-0.2, 0) is 18.4 Å². The third-order valence-electron chi connectivity index (χ3n) is 4.29. The van der Waals surface area contributed by atoms with E-state index >= 15 is 0 Å². The fraction of sp³-hybridized carbons (Fsp3) is 0.174. The van der Waals surface area contributed by atoms with Crippen LogP contribution < -0.4 is 4.74 Å². The number of carbonyl (C=O) groups is 1. The molecule has 0 fully saturated rings. The number of Topliss-reactive ketones (excluding diaryl/α,β-unsaturated/α-hetero) is 1. The Labute approximate surface area is 163 Å². The van der Waals surface area contributed by atoms with E-state index in [2.05, 4.69) is 28.1 Å². The molecule has 0 N–H and O–H groups in total. The van der Waals surface area contributed by atoms with E-state index in [0.717, 1.165) is 27.8 Å². The van der Waals surface area contributed by atoms with Gasteiger partial charge in [-0.2, -0.15) is 0 Å². The number of hydrogen-bond donors (Lipinski definition) is 0. The van der Waals surface area contributed by atoms with Crippen molar-refractivity contribution in [3.8, 4) is 5.75 Å². The zero-order valence-electron chi connectivity index (χ0n) is 14.5. The van der Waals surface area contributed by atoms with Crippen molar-refractivity contribution in [3.63, 3.8) is 0 Å². The second-order valence-corrected chi connectivity index (χ2v) is 6.69. The quantitative estimate of drug-likeness (QED) is 0.338. The molecular formula is C23H21BrO2. The van der Waals surface area contributed by atoms with E-state index < -0.39 is 0 Å². The first-order chi connectivity index (χ1) is 12.8. The number of ketones is 1. The van der Waals surface area contributed by atoms with Gasteiger partial charge in [0.15, 0.2) is 5.78 Å². The van der Waals surface area contributed by atoms with Crippen molar-refractivity contribution in [3.05, 3.63) is 101 Å². The second kappa shape index (κ2) is 9.35. The molecule has 0 saturated heterocycles. The number of carbonyl (C=O) groups excluding carboxylic acids is 1. The smallest absolute Gasteiger partial charge is 0.163 e. The van der Waals surface area contributed by atoms with E-state index in [-0.39, 0.29) is 5.78 Å². The Hall–Kier alpha value is -2.39. The normalized spacial score (nSPS) is 10.5. The minimum Gasteiger partial charge on any atom is -0.489 e. The lowest BCUT2D eigenvalue weighted by molar-refractivity contribution is 0.0983. The van der Waals surface area contributed by atoms with Crippen LogP contribution in [0.1, 0.15) is 33.5 Å². The molecule has 2 nitrogen and oxygen atoms in total. The zero-order valence-corrected chi connectivity index (χ0v) is 16.1. The number of hydrogen-bond acceptors (Lipinski definition) is 2. The molecule has 3 rings (SSSR count). The fourth-order valence-electron chi connectivity index (χ4n) is 2.81. The Kier molecular flexibility index (Phi) is 6.62. The molecule has 0 unspecified atom stereocenters. The topological polar surface area (TPSA) is 26.3 Å². The molecule has 0 amide bonds. The monoisotopic (exact) mass is 408 g/mol. The van der Waals surface area contributed by atoms with Crippen molar-refractivity contribution in [1.29, 1.82) is 0 Å². The Morgan fingerprint density at radius 3 is 2.23 bits per heavy atom. The van der Waals surface area contributed by atoms with Crippen LogP contribution in [0.15, 0.2) is 78.9 Å². The summed E-state index contributed by atoms with van der Waals surface area (Å²) in [6.45, 7) is 0.539. The number of benzene rings is 3. The van der Waals surface area contributed by atoms with E-state index in [1.807, 2.05) is 66.7 Å². The summed E-state index contributed by atoms with van der Waals surface area (Å²) in [7, 11) is 0. The van der Waals surface area contributed by atoms with Gasteiger partial charge in [0.05, 0.1) is 0 Å². The fourth-order valence-corrected chi connectivity index (χ4v) is 3.36.